The Morgan fingerprint density at radius 2 is 1.74 bits per heavy atom. The van der Waals surface area contributed by atoms with Gasteiger partial charge in [-0.3, -0.25) is 4.79 Å². The molecule has 0 atom stereocenters. The van der Waals surface area contributed by atoms with Gasteiger partial charge in [0.1, 0.15) is 5.75 Å². The van der Waals surface area contributed by atoms with E-state index >= 15 is 0 Å². The smallest absolute Gasteiger partial charge is 0.258 e. The van der Waals surface area contributed by atoms with Crippen LogP contribution in [-0.2, 0) is 4.79 Å². The van der Waals surface area contributed by atoms with E-state index in [2.05, 4.69) is 18.3 Å². The highest BCUT2D eigenvalue weighted by molar-refractivity contribution is 5.78. The van der Waals surface area contributed by atoms with Gasteiger partial charge in [0.05, 0.1) is 0 Å². The predicted molar refractivity (Wildman–Crippen MR) is 90.4 cm³/mol. The standard InChI is InChI=1S/C20H27NO2/c1-12-4-3-5-18(13(12)2)23-11-19(22)21-20-16-7-14-6-15(9-16)10-17(20)8-14/h3-5,14-17,20H,6-11H2,1-2H3,(H,21,22). The van der Waals surface area contributed by atoms with Crippen molar-refractivity contribution in [3.63, 3.8) is 0 Å². The number of carbonyl (C=O) groups is 1. The highest BCUT2D eigenvalue weighted by Gasteiger charge is 2.48. The summed E-state index contributed by atoms with van der Waals surface area (Å²) in [6.07, 6.45) is 6.76. The first-order valence-corrected chi connectivity index (χ1v) is 9.08. The Kier molecular flexibility index (Phi) is 3.82. The number of aryl methyl sites for hydroxylation is 1. The molecule has 1 aromatic rings. The summed E-state index contributed by atoms with van der Waals surface area (Å²) in [5, 5.41) is 3.30. The van der Waals surface area contributed by atoms with Gasteiger partial charge in [0.2, 0.25) is 0 Å². The van der Waals surface area contributed by atoms with Gasteiger partial charge in [-0.2, -0.15) is 0 Å². The summed E-state index contributed by atoms with van der Waals surface area (Å²) in [5.41, 5.74) is 2.32. The second-order valence-electron chi connectivity index (χ2n) is 8.01. The van der Waals surface area contributed by atoms with Crippen LogP contribution in [0.15, 0.2) is 18.2 Å². The van der Waals surface area contributed by atoms with E-state index in [1.165, 1.54) is 37.7 Å². The van der Waals surface area contributed by atoms with E-state index in [4.69, 9.17) is 4.74 Å². The lowest BCUT2D eigenvalue weighted by molar-refractivity contribution is -0.127. The second kappa shape index (κ2) is 5.85. The van der Waals surface area contributed by atoms with Crippen molar-refractivity contribution in [2.75, 3.05) is 6.61 Å². The van der Waals surface area contributed by atoms with Gasteiger partial charge >= 0.3 is 0 Å². The van der Waals surface area contributed by atoms with E-state index in [1.54, 1.807) is 0 Å². The molecule has 1 aromatic carbocycles. The van der Waals surface area contributed by atoms with Gasteiger partial charge in [0, 0.05) is 6.04 Å². The van der Waals surface area contributed by atoms with Gasteiger partial charge in [-0.25, -0.2) is 0 Å². The molecule has 1 N–H and O–H groups in total. The number of carbonyl (C=O) groups excluding carboxylic acids is 1. The molecule has 3 heteroatoms. The zero-order valence-electron chi connectivity index (χ0n) is 14.2. The number of ether oxygens (including phenoxy) is 1. The predicted octanol–water partition coefficient (Wildman–Crippen LogP) is 3.62. The number of hydrogen-bond acceptors (Lipinski definition) is 2. The molecular formula is C20H27NO2. The Balaban J connectivity index is 1.35. The maximum absolute atomic E-state index is 12.4. The minimum absolute atomic E-state index is 0.0448. The van der Waals surface area contributed by atoms with Crippen LogP contribution in [0.2, 0.25) is 0 Å². The topological polar surface area (TPSA) is 38.3 Å². The summed E-state index contributed by atoms with van der Waals surface area (Å²) in [5.74, 6) is 4.19. The number of nitrogens with one attached hydrogen (secondary N) is 1. The van der Waals surface area contributed by atoms with E-state index < -0.39 is 0 Å². The van der Waals surface area contributed by atoms with Crippen LogP contribution in [0, 0.1) is 37.5 Å². The SMILES string of the molecule is Cc1cccc(OCC(=O)NC2C3CC4CC(C3)CC2C4)c1C. The second-order valence-corrected chi connectivity index (χ2v) is 8.01. The quantitative estimate of drug-likeness (QED) is 0.922. The summed E-state index contributed by atoms with van der Waals surface area (Å²) in [4.78, 5) is 12.4. The number of rotatable bonds is 4. The molecule has 0 heterocycles. The number of benzene rings is 1. The van der Waals surface area contributed by atoms with Gasteiger partial charge < -0.3 is 10.1 Å². The first kappa shape index (κ1) is 15.0. The van der Waals surface area contributed by atoms with Crippen molar-refractivity contribution in [2.45, 2.75) is 52.0 Å². The van der Waals surface area contributed by atoms with Crippen molar-refractivity contribution in [3.8, 4) is 5.75 Å². The maximum Gasteiger partial charge on any atom is 0.258 e. The monoisotopic (exact) mass is 313 g/mol. The van der Waals surface area contributed by atoms with Gasteiger partial charge in [-0.1, -0.05) is 12.1 Å². The Labute approximate surface area is 138 Å². The fourth-order valence-corrected chi connectivity index (χ4v) is 5.41. The zero-order chi connectivity index (χ0) is 16.0. The molecule has 124 valence electrons. The molecule has 5 rings (SSSR count). The fraction of sp³-hybridized carbons (Fsp3) is 0.650. The van der Waals surface area contributed by atoms with Crippen LogP contribution in [-0.4, -0.2) is 18.6 Å². The minimum atomic E-state index is 0.0448. The highest BCUT2D eigenvalue weighted by Crippen LogP contribution is 2.53. The fourth-order valence-electron chi connectivity index (χ4n) is 5.41. The first-order valence-electron chi connectivity index (χ1n) is 9.08. The Bertz CT molecular complexity index is 582. The maximum atomic E-state index is 12.4. The van der Waals surface area contributed by atoms with Gasteiger partial charge in [0.15, 0.2) is 6.61 Å². The Hall–Kier alpha value is -1.51. The largest absolute Gasteiger partial charge is 0.483 e. The van der Waals surface area contributed by atoms with Crippen LogP contribution in [0.1, 0.15) is 43.2 Å². The summed E-state index contributed by atoms with van der Waals surface area (Å²) < 4.78 is 5.76. The van der Waals surface area contributed by atoms with E-state index in [9.17, 15) is 4.79 Å². The molecule has 0 saturated heterocycles. The van der Waals surface area contributed by atoms with E-state index in [1.807, 2.05) is 19.1 Å². The summed E-state index contributed by atoms with van der Waals surface area (Å²) in [7, 11) is 0. The molecular weight excluding hydrogens is 286 g/mol. The van der Waals surface area contributed by atoms with Crippen LogP contribution < -0.4 is 10.1 Å². The molecule has 4 bridgehead atoms. The lowest BCUT2D eigenvalue weighted by Crippen LogP contribution is -2.56. The molecule has 4 saturated carbocycles. The average Bonchev–Trinajstić information content (AvgIpc) is 2.51. The van der Waals surface area contributed by atoms with E-state index in [0.29, 0.717) is 6.04 Å². The third kappa shape index (κ3) is 2.86. The van der Waals surface area contributed by atoms with Crippen LogP contribution in [0.3, 0.4) is 0 Å². The molecule has 4 fully saturated rings. The molecule has 23 heavy (non-hydrogen) atoms. The zero-order valence-corrected chi connectivity index (χ0v) is 14.2. The van der Waals surface area contributed by atoms with E-state index in [-0.39, 0.29) is 12.5 Å². The molecule has 0 aromatic heterocycles. The molecule has 0 spiro atoms. The normalized spacial score (nSPS) is 34.4. The van der Waals surface area contributed by atoms with E-state index in [0.717, 1.165) is 35.0 Å². The minimum Gasteiger partial charge on any atom is -0.483 e. The van der Waals surface area contributed by atoms with Crippen molar-refractivity contribution in [2.24, 2.45) is 23.7 Å². The molecule has 0 radical (unpaired) electrons. The Morgan fingerprint density at radius 3 is 2.39 bits per heavy atom. The van der Waals surface area contributed by atoms with Gasteiger partial charge in [0.25, 0.3) is 5.91 Å². The van der Waals surface area contributed by atoms with Gasteiger partial charge in [-0.05, 0) is 86.8 Å². The third-order valence-corrected chi connectivity index (χ3v) is 6.47. The molecule has 4 aliphatic rings. The molecule has 0 aliphatic heterocycles. The van der Waals surface area contributed by atoms with Crippen molar-refractivity contribution >= 4 is 5.91 Å². The van der Waals surface area contributed by atoms with Crippen LogP contribution in [0.4, 0.5) is 0 Å². The summed E-state index contributed by atoms with van der Waals surface area (Å²) >= 11 is 0. The molecule has 0 unspecified atom stereocenters. The highest BCUT2D eigenvalue weighted by atomic mass is 16.5. The van der Waals surface area contributed by atoms with Crippen LogP contribution in [0.25, 0.3) is 0 Å². The molecule has 1 amide bonds. The first-order chi connectivity index (χ1) is 11.1. The summed E-state index contributed by atoms with van der Waals surface area (Å²) in [6, 6.07) is 6.39. The molecule has 3 nitrogen and oxygen atoms in total. The summed E-state index contributed by atoms with van der Waals surface area (Å²) in [6.45, 7) is 4.24. The Morgan fingerprint density at radius 1 is 1.09 bits per heavy atom. The van der Waals surface area contributed by atoms with Crippen molar-refractivity contribution in [1.29, 1.82) is 0 Å². The average molecular weight is 313 g/mol. The van der Waals surface area contributed by atoms with Crippen molar-refractivity contribution in [3.05, 3.63) is 29.3 Å². The molecule has 4 aliphatic carbocycles. The lowest BCUT2D eigenvalue weighted by Gasteiger charge is -2.54. The van der Waals surface area contributed by atoms with Crippen LogP contribution >= 0.6 is 0 Å². The van der Waals surface area contributed by atoms with Crippen molar-refractivity contribution in [1.82, 2.24) is 5.32 Å². The lowest BCUT2D eigenvalue weighted by atomic mass is 9.54. The third-order valence-electron chi connectivity index (χ3n) is 6.47. The number of amides is 1. The van der Waals surface area contributed by atoms with Crippen LogP contribution in [0.5, 0.6) is 5.75 Å². The van der Waals surface area contributed by atoms with Gasteiger partial charge in [-0.15, -0.1) is 0 Å². The number of hydrogen-bond donors (Lipinski definition) is 1. The van der Waals surface area contributed by atoms with Crippen molar-refractivity contribution < 1.29 is 9.53 Å².